The number of aromatic nitrogens is 2. The summed E-state index contributed by atoms with van der Waals surface area (Å²) in [5.41, 5.74) is 2.42. The number of hydrogen-bond acceptors (Lipinski definition) is 2. The quantitative estimate of drug-likeness (QED) is 0.688. The Balaban J connectivity index is 2.34. The number of nitrogens with zero attached hydrogens (tertiary/aromatic N) is 3. The third-order valence-electron chi connectivity index (χ3n) is 2.77. The average molecular weight is 298 g/mol. The molecule has 3 nitrogen and oxygen atoms in total. The van der Waals surface area contributed by atoms with E-state index in [1.54, 1.807) is 6.20 Å². The lowest BCUT2D eigenvalue weighted by molar-refractivity contribution is 1.09. The molecule has 0 aliphatic rings. The molecule has 0 amide bonds. The van der Waals surface area contributed by atoms with E-state index in [0.717, 1.165) is 21.2 Å². The van der Waals surface area contributed by atoms with Gasteiger partial charge < -0.3 is 0 Å². The lowest BCUT2D eigenvalue weighted by Gasteiger charge is -2.04. The number of hydrogen-bond donors (Lipinski definition) is 0. The summed E-state index contributed by atoms with van der Waals surface area (Å²) in [6.07, 6.45) is 3.55. The molecule has 0 unspecified atom stereocenters. The molecule has 0 saturated heterocycles. The van der Waals surface area contributed by atoms with Crippen molar-refractivity contribution >= 4 is 27.0 Å². The Morgan fingerprint density at radius 1 is 1.22 bits per heavy atom. The first-order chi connectivity index (χ1) is 8.79. The Bertz CT molecular complexity index is 768. The molecule has 0 atom stereocenters. The molecule has 0 aliphatic heterocycles. The van der Waals surface area contributed by atoms with Gasteiger partial charge in [0.2, 0.25) is 0 Å². The Kier molecular flexibility index (Phi) is 2.62. The minimum atomic E-state index is 0.637. The number of nitriles is 1. The maximum atomic E-state index is 9.15. The summed E-state index contributed by atoms with van der Waals surface area (Å²) in [4.78, 5) is 4.35. The standard InChI is InChI=1S/C14H8BrN3/c15-11-3-1-4-12(7-11)18-9-10(8-16)13-5-2-6-17-14(13)18/h1-7,9H. The average Bonchev–Trinajstić information content (AvgIpc) is 2.77. The van der Waals surface area contributed by atoms with Crippen molar-refractivity contribution in [2.75, 3.05) is 0 Å². The smallest absolute Gasteiger partial charge is 0.145 e. The Morgan fingerprint density at radius 2 is 2.11 bits per heavy atom. The van der Waals surface area contributed by atoms with Crippen LogP contribution in [-0.4, -0.2) is 9.55 Å². The molecule has 0 fully saturated rings. The van der Waals surface area contributed by atoms with Gasteiger partial charge in [-0.15, -0.1) is 0 Å². The van der Waals surface area contributed by atoms with Crippen LogP contribution < -0.4 is 0 Å². The predicted molar refractivity (Wildman–Crippen MR) is 73.5 cm³/mol. The molecule has 0 aliphatic carbocycles. The second kappa shape index (κ2) is 4.28. The van der Waals surface area contributed by atoms with Crippen LogP contribution in [0.5, 0.6) is 0 Å². The Labute approximate surface area is 112 Å². The molecular formula is C14H8BrN3. The molecule has 1 aromatic carbocycles. The second-order valence-electron chi connectivity index (χ2n) is 3.88. The second-order valence-corrected chi connectivity index (χ2v) is 4.79. The van der Waals surface area contributed by atoms with Crippen LogP contribution in [0.4, 0.5) is 0 Å². The molecule has 3 rings (SSSR count). The fourth-order valence-electron chi connectivity index (χ4n) is 1.97. The molecule has 0 radical (unpaired) electrons. The van der Waals surface area contributed by atoms with Crippen molar-refractivity contribution in [3.05, 3.63) is 58.8 Å². The van der Waals surface area contributed by atoms with E-state index in [-0.39, 0.29) is 0 Å². The van der Waals surface area contributed by atoms with E-state index in [1.807, 2.05) is 47.2 Å². The zero-order chi connectivity index (χ0) is 12.5. The molecule has 86 valence electrons. The van der Waals surface area contributed by atoms with Gasteiger partial charge in [-0.25, -0.2) is 4.98 Å². The number of rotatable bonds is 1. The van der Waals surface area contributed by atoms with Gasteiger partial charge in [-0.05, 0) is 30.3 Å². The minimum Gasteiger partial charge on any atom is -0.300 e. The van der Waals surface area contributed by atoms with E-state index in [0.29, 0.717) is 5.56 Å². The van der Waals surface area contributed by atoms with Crippen LogP contribution in [0.1, 0.15) is 5.56 Å². The third kappa shape index (κ3) is 1.69. The molecular weight excluding hydrogens is 290 g/mol. The van der Waals surface area contributed by atoms with Crippen LogP contribution in [-0.2, 0) is 0 Å². The van der Waals surface area contributed by atoms with Crippen molar-refractivity contribution in [2.24, 2.45) is 0 Å². The maximum Gasteiger partial charge on any atom is 0.145 e. The minimum absolute atomic E-state index is 0.637. The summed E-state index contributed by atoms with van der Waals surface area (Å²) >= 11 is 3.45. The number of pyridine rings is 1. The van der Waals surface area contributed by atoms with Crippen molar-refractivity contribution in [3.8, 4) is 11.8 Å². The zero-order valence-corrected chi connectivity index (χ0v) is 10.9. The highest BCUT2D eigenvalue weighted by Gasteiger charge is 2.09. The summed E-state index contributed by atoms with van der Waals surface area (Å²) in [6, 6.07) is 13.9. The van der Waals surface area contributed by atoms with Crippen molar-refractivity contribution in [1.82, 2.24) is 9.55 Å². The van der Waals surface area contributed by atoms with Crippen molar-refractivity contribution in [2.45, 2.75) is 0 Å². The van der Waals surface area contributed by atoms with E-state index in [2.05, 4.69) is 27.0 Å². The van der Waals surface area contributed by atoms with Crippen molar-refractivity contribution < 1.29 is 0 Å². The highest BCUT2D eigenvalue weighted by molar-refractivity contribution is 9.10. The van der Waals surface area contributed by atoms with Gasteiger partial charge in [-0.3, -0.25) is 4.57 Å². The summed E-state index contributed by atoms with van der Waals surface area (Å²) in [5, 5.41) is 10.0. The zero-order valence-electron chi connectivity index (χ0n) is 9.34. The fourth-order valence-corrected chi connectivity index (χ4v) is 2.36. The van der Waals surface area contributed by atoms with E-state index in [1.165, 1.54) is 0 Å². The van der Waals surface area contributed by atoms with Gasteiger partial charge in [0.1, 0.15) is 11.7 Å². The lowest BCUT2D eigenvalue weighted by Crippen LogP contribution is -1.92. The van der Waals surface area contributed by atoms with Crippen molar-refractivity contribution in [3.63, 3.8) is 0 Å². The largest absolute Gasteiger partial charge is 0.300 e. The number of halogens is 1. The van der Waals surface area contributed by atoms with Crippen LogP contribution in [0.2, 0.25) is 0 Å². The monoisotopic (exact) mass is 297 g/mol. The molecule has 2 heterocycles. The summed E-state index contributed by atoms with van der Waals surface area (Å²) in [7, 11) is 0. The third-order valence-corrected chi connectivity index (χ3v) is 3.26. The molecule has 0 spiro atoms. The van der Waals surface area contributed by atoms with Gasteiger partial charge in [0, 0.05) is 27.9 Å². The normalized spacial score (nSPS) is 10.4. The van der Waals surface area contributed by atoms with Gasteiger partial charge >= 0.3 is 0 Å². The van der Waals surface area contributed by atoms with E-state index in [9.17, 15) is 0 Å². The van der Waals surface area contributed by atoms with E-state index < -0.39 is 0 Å². The van der Waals surface area contributed by atoms with Gasteiger partial charge in [0.15, 0.2) is 0 Å². The molecule has 3 aromatic rings. The number of benzene rings is 1. The van der Waals surface area contributed by atoms with Gasteiger partial charge in [-0.1, -0.05) is 22.0 Å². The van der Waals surface area contributed by atoms with E-state index >= 15 is 0 Å². The number of fused-ring (bicyclic) bond motifs is 1. The van der Waals surface area contributed by atoms with Crippen LogP contribution in [0, 0.1) is 11.3 Å². The first kappa shape index (κ1) is 11.0. The maximum absolute atomic E-state index is 9.15. The van der Waals surface area contributed by atoms with Crippen LogP contribution in [0.15, 0.2) is 53.3 Å². The van der Waals surface area contributed by atoms with Crippen LogP contribution in [0.3, 0.4) is 0 Å². The molecule has 0 bridgehead atoms. The SMILES string of the molecule is N#Cc1cn(-c2cccc(Br)c2)c2ncccc12. The first-order valence-electron chi connectivity index (χ1n) is 5.42. The van der Waals surface area contributed by atoms with Gasteiger partial charge in [0.25, 0.3) is 0 Å². The van der Waals surface area contributed by atoms with Gasteiger partial charge in [-0.2, -0.15) is 5.26 Å². The summed E-state index contributed by atoms with van der Waals surface area (Å²) in [6.45, 7) is 0. The first-order valence-corrected chi connectivity index (χ1v) is 6.21. The molecule has 4 heteroatoms. The van der Waals surface area contributed by atoms with Crippen LogP contribution >= 0.6 is 15.9 Å². The Hall–Kier alpha value is -2.12. The summed E-state index contributed by atoms with van der Waals surface area (Å²) < 4.78 is 2.93. The van der Waals surface area contributed by atoms with Crippen molar-refractivity contribution in [1.29, 1.82) is 5.26 Å². The predicted octanol–water partition coefficient (Wildman–Crippen LogP) is 3.66. The highest BCUT2D eigenvalue weighted by Crippen LogP contribution is 2.24. The Morgan fingerprint density at radius 3 is 2.89 bits per heavy atom. The molecule has 0 N–H and O–H groups in total. The molecule has 2 aromatic heterocycles. The molecule has 0 saturated carbocycles. The molecule has 18 heavy (non-hydrogen) atoms. The van der Waals surface area contributed by atoms with E-state index in [4.69, 9.17) is 5.26 Å². The topological polar surface area (TPSA) is 41.6 Å². The highest BCUT2D eigenvalue weighted by atomic mass is 79.9. The van der Waals surface area contributed by atoms with Gasteiger partial charge in [0.05, 0.1) is 5.56 Å². The summed E-state index contributed by atoms with van der Waals surface area (Å²) in [5.74, 6) is 0. The van der Waals surface area contributed by atoms with Crippen LogP contribution in [0.25, 0.3) is 16.7 Å². The lowest BCUT2D eigenvalue weighted by atomic mass is 10.2. The fraction of sp³-hybridized carbons (Fsp3) is 0.